The monoisotopic (exact) mass is 376 g/mol. The zero-order valence-electron chi connectivity index (χ0n) is 16.9. The molecule has 0 saturated carbocycles. The molecule has 0 bridgehead atoms. The number of rotatable bonds is 15. The van der Waals surface area contributed by atoms with Crippen molar-refractivity contribution in [1.29, 1.82) is 0 Å². The lowest BCUT2D eigenvalue weighted by Gasteiger charge is -2.08. The minimum Gasteiger partial charge on any atom is -0.381 e. The van der Waals surface area contributed by atoms with Gasteiger partial charge >= 0.3 is 0 Å². The van der Waals surface area contributed by atoms with E-state index in [4.69, 9.17) is 14.2 Å². The zero-order chi connectivity index (χ0) is 20.2. The van der Waals surface area contributed by atoms with Crippen molar-refractivity contribution in [3.8, 4) is 0 Å². The molecule has 0 aliphatic carbocycles. The Labute approximate surface area is 157 Å². The molecule has 154 valence electrons. The number of nitrogens with one attached hydrogen (secondary N) is 2. The van der Waals surface area contributed by atoms with Crippen LogP contribution < -0.4 is 10.6 Å². The molecule has 0 aliphatic rings. The molecule has 0 atom stereocenters. The predicted molar refractivity (Wildman–Crippen MR) is 100.0 cm³/mol. The van der Waals surface area contributed by atoms with Gasteiger partial charge in [0.05, 0.1) is 19.8 Å². The maximum absolute atomic E-state index is 11.5. The van der Waals surface area contributed by atoms with Crippen molar-refractivity contribution < 1.29 is 28.6 Å². The summed E-state index contributed by atoms with van der Waals surface area (Å²) in [6.45, 7) is 11.7. The summed E-state index contributed by atoms with van der Waals surface area (Å²) < 4.78 is 15.4. The second-order valence-corrected chi connectivity index (χ2v) is 5.37. The van der Waals surface area contributed by atoms with Crippen molar-refractivity contribution in [2.75, 3.05) is 52.7 Å². The second kappa shape index (κ2) is 19.8. The third-order valence-electron chi connectivity index (χ3n) is 2.94. The maximum atomic E-state index is 11.5. The number of amides is 2. The van der Waals surface area contributed by atoms with Gasteiger partial charge in [0.25, 0.3) is 0 Å². The summed E-state index contributed by atoms with van der Waals surface area (Å²) in [4.78, 5) is 34.1. The van der Waals surface area contributed by atoms with Gasteiger partial charge in [-0.15, -0.1) is 0 Å². The van der Waals surface area contributed by atoms with Crippen LogP contribution in [-0.4, -0.2) is 70.3 Å². The van der Waals surface area contributed by atoms with Crippen molar-refractivity contribution in [3.05, 3.63) is 0 Å². The molecule has 0 unspecified atom stereocenters. The van der Waals surface area contributed by atoms with E-state index in [-0.39, 0.29) is 49.9 Å². The number of ether oxygens (including phenoxy) is 3. The fourth-order valence-electron chi connectivity index (χ4n) is 1.48. The molecule has 0 heterocycles. The lowest BCUT2D eigenvalue weighted by molar-refractivity contribution is -0.127. The van der Waals surface area contributed by atoms with Crippen LogP contribution in [0.25, 0.3) is 0 Å². The van der Waals surface area contributed by atoms with Crippen molar-refractivity contribution in [3.63, 3.8) is 0 Å². The van der Waals surface area contributed by atoms with Crippen molar-refractivity contribution in [2.45, 2.75) is 41.0 Å². The van der Waals surface area contributed by atoms with E-state index in [2.05, 4.69) is 10.6 Å². The molecular weight excluding hydrogens is 340 g/mol. The molecule has 26 heavy (non-hydrogen) atoms. The second-order valence-electron chi connectivity index (χ2n) is 5.37. The number of carbonyl (C=O) groups excluding carboxylic acids is 3. The highest BCUT2D eigenvalue weighted by Crippen LogP contribution is 1.93. The van der Waals surface area contributed by atoms with Gasteiger partial charge in [-0.3, -0.25) is 14.4 Å². The van der Waals surface area contributed by atoms with Gasteiger partial charge in [0.2, 0.25) is 11.8 Å². The Morgan fingerprint density at radius 2 is 1.35 bits per heavy atom. The van der Waals surface area contributed by atoms with E-state index in [0.29, 0.717) is 32.7 Å². The first-order valence-corrected chi connectivity index (χ1v) is 9.26. The molecule has 0 rings (SSSR count). The largest absolute Gasteiger partial charge is 0.381 e. The van der Waals surface area contributed by atoms with Gasteiger partial charge in [-0.05, 0) is 6.92 Å². The van der Waals surface area contributed by atoms with Crippen LogP contribution in [0.2, 0.25) is 0 Å². The fourth-order valence-corrected chi connectivity index (χ4v) is 1.48. The van der Waals surface area contributed by atoms with Gasteiger partial charge in [-0.25, -0.2) is 0 Å². The smallest absolute Gasteiger partial charge is 0.246 e. The van der Waals surface area contributed by atoms with Crippen LogP contribution in [0.1, 0.15) is 41.0 Å². The van der Waals surface area contributed by atoms with Crippen LogP contribution in [0.4, 0.5) is 0 Å². The molecule has 2 amide bonds. The predicted octanol–water partition coefficient (Wildman–Crippen LogP) is 0.930. The van der Waals surface area contributed by atoms with Crippen molar-refractivity contribution in [1.82, 2.24) is 10.6 Å². The quantitative estimate of drug-likeness (QED) is 0.412. The van der Waals surface area contributed by atoms with Gasteiger partial charge in [-0.2, -0.15) is 0 Å². The van der Waals surface area contributed by atoms with Crippen LogP contribution in [-0.2, 0) is 28.6 Å². The van der Waals surface area contributed by atoms with Crippen molar-refractivity contribution >= 4 is 17.6 Å². The van der Waals surface area contributed by atoms with Crippen LogP contribution in [0, 0.1) is 5.92 Å². The highest BCUT2D eigenvalue weighted by molar-refractivity contribution is 5.81. The molecule has 8 heteroatoms. The molecule has 0 radical (unpaired) electrons. The average Bonchev–Trinajstić information content (AvgIpc) is 2.62. The van der Waals surface area contributed by atoms with E-state index in [9.17, 15) is 14.4 Å². The minimum atomic E-state index is -0.267. The summed E-state index contributed by atoms with van der Waals surface area (Å²) >= 11 is 0. The Balaban J connectivity index is 0. The summed E-state index contributed by atoms with van der Waals surface area (Å²) in [6.07, 6.45) is 0.313. The highest BCUT2D eigenvalue weighted by Gasteiger charge is 2.07. The first-order chi connectivity index (χ1) is 12.5. The average molecular weight is 376 g/mol. The van der Waals surface area contributed by atoms with Crippen LogP contribution in [0.15, 0.2) is 0 Å². The number of hydrogen-bond acceptors (Lipinski definition) is 6. The number of hydrogen-bond donors (Lipinski definition) is 2. The highest BCUT2D eigenvalue weighted by atomic mass is 16.5. The van der Waals surface area contributed by atoms with E-state index in [1.54, 1.807) is 0 Å². The lowest BCUT2D eigenvalue weighted by atomic mass is 10.1. The van der Waals surface area contributed by atoms with Gasteiger partial charge < -0.3 is 24.8 Å². The van der Waals surface area contributed by atoms with E-state index < -0.39 is 0 Å². The molecule has 0 saturated heterocycles. The normalized spacial score (nSPS) is 10.1. The fraction of sp³-hybridized carbons (Fsp3) is 0.833. The van der Waals surface area contributed by atoms with Gasteiger partial charge in [0.1, 0.15) is 13.2 Å². The Morgan fingerprint density at radius 1 is 0.808 bits per heavy atom. The van der Waals surface area contributed by atoms with Crippen LogP contribution in [0.5, 0.6) is 0 Å². The maximum Gasteiger partial charge on any atom is 0.246 e. The Morgan fingerprint density at radius 3 is 1.88 bits per heavy atom. The third-order valence-corrected chi connectivity index (χ3v) is 2.94. The molecule has 2 N–H and O–H groups in total. The molecule has 0 aromatic heterocycles. The molecule has 0 fully saturated rings. The summed E-state index contributed by atoms with van der Waals surface area (Å²) in [5.41, 5.74) is 0. The summed E-state index contributed by atoms with van der Waals surface area (Å²) in [5.74, 6) is -0.387. The van der Waals surface area contributed by atoms with Gasteiger partial charge in [0.15, 0.2) is 5.78 Å². The first kappa shape index (κ1) is 26.7. The first-order valence-electron chi connectivity index (χ1n) is 9.26. The summed E-state index contributed by atoms with van der Waals surface area (Å²) in [7, 11) is 0. The zero-order valence-corrected chi connectivity index (χ0v) is 16.9. The molecule has 8 nitrogen and oxygen atoms in total. The summed E-state index contributed by atoms with van der Waals surface area (Å²) in [6, 6.07) is 0. The Hall–Kier alpha value is -1.51. The van der Waals surface area contributed by atoms with Crippen molar-refractivity contribution in [2.24, 2.45) is 5.92 Å². The Bertz CT molecular complexity index is 375. The number of ketones is 1. The topological polar surface area (TPSA) is 103 Å². The molecule has 0 aromatic rings. The van der Waals surface area contributed by atoms with Gasteiger partial charge in [-0.1, -0.05) is 27.7 Å². The Kier molecular flexibility index (Phi) is 20.4. The SMILES string of the molecule is CC.CCOCCC(=O)NCCOCC(=O)NCCOCC(=O)C(C)C. The molecule has 0 aliphatic heterocycles. The van der Waals surface area contributed by atoms with E-state index in [0.717, 1.165) is 0 Å². The molecular formula is C18H36N2O6. The summed E-state index contributed by atoms with van der Waals surface area (Å²) in [5, 5.41) is 5.28. The standard InChI is InChI=1S/C16H30N2O6.C2H6/c1-4-22-8-5-15(20)17-6-10-24-12-16(21)18-7-9-23-11-14(19)13(2)3;1-2/h13H,4-12H2,1-3H3,(H,17,20)(H,18,21);1-2H3. The van der Waals surface area contributed by atoms with Gasteiger partial charge in [0, 0.05) is 32.0 Å². The molecule has 0 aromatic carbocycles. The van der Waals surface area contributed by atoms with Crippen LogP contribution >= 0.6 is 0 Å². The number of Topliss-reactive ketones (excluding diaryl/α,β-unsaturated/α-hetero) is 1. The lowest BCUT2D eigenvalue weighted by Crippen LogP contribution is -2.33. The molecule has 0 spiro atoms. The third kappa shape index (κ3) is 18.8. The van der Waals surface area contributed by atoms with Crippen LogP contribution in [0.3, 0.4) is 0 Å². The van der Waals surface area contributed by atoms with E-state index in [1.165, 1.54) is 0 Å². The van der Waals surface area contributed by atoms with E-state index >= 15 is 0 Å². The minimum absolute atomic E-state index is 0.0352. The van der Waals surface area contributed by atoms with E-state index in [1.807, 2.05) is 34.6 Å². The number of carbonyl (C=O) groups is 3.